The summed E-state index contributed by atoms with van der Waals surface area (Å²) in [5.74, 6) is 1.67. The number of pyridine rings is 2. The van der Waals surface area contributed by atoms with Crippen molar-refractivity contribution in [2.24, 2.45) is 0 Å². The number of aromatic nitrogens is 5. The van der Waals surface area contributed by atoms with Gasteiger partial charge in [0, 0.05) is 49.0 Å². The fourth-order valence-electron chi connectivity index (χ4n) is 9.92. The maximum absolute atomic E-state index is 5.93. The Balaban J connectivity index is 1.20. The summed E-state index contributed by atoms with van der Waals surface area (Å²) < 4.78 is 7.18. The average molecular weight is 804 g/mol. The summed E-state index contributed by atoms with van der Waals surface area (Å²) in [7, 11) is 0. The molecule has 5 heterocycles. The molecule has 0 bridgehead atoms. The van der Waals surface area contributed by atoms with E-state index < -0.39 is 0 Å². The lowest BCUT2D eigenvalue weighted by molar-refractivity contribution is 0.985. The van der Waals surface area contributed by atoms with Crippen LogP contribution in [-0.2, 0) is 0 Å². The van der Waals surface area contributed by atoms with Crippen molar-refractivity contribution in [2.45, 2.75) is 0 Å². The number of rotatable bonds is 6. The van der Waals surface area contributed by atoms with E-state index in [1.807, 2.05) is 6.07 Å². The summed E-state index contributed by atoms with van der Waals surface area (Å²) in [6, 6.07) is 80.2. The lowest BCUT2D eigenvalue weighted by Crippen LogP contribution is -2.11. The molecule has 8 aromatic carbocycles. The fourth-order valence-corrected chi connectivity index (χ4v) is 9.92. The van der Waals surface area contributed by atoms with Gasteiger partial charge in [0.1, 0.15) is 5.82 Å². The van der Waals surface area contributed by atoms with Gasteiger partial charge in [-0.25, -0.2) is 9.97 Å². The zero-order chi connectivity index (χ0) is 41.4. The minimum Gasteiger partial charge on any atom is -0.305 e. The average Bonchev–Trinajstić information content (AvgIpc) is 4.00. The Hall–Kier alpha value is -8.54. The molecule has 0 N–H and O–H groups in total. The van der Waals surface area contributed by atoms with Crippen molar-refractivity contribution in [3.63, 3.8) is 0 Å². The first-order valence-electron chi connectivity index (χ1n) is 21.4. The van der Waals surface area contributed by atoms with Crippen LogP contribution in [0.3, 0.4) is 0 Å². The van der Waals surface area contributed by atoms with Crippen molar-refractivity contribution in [1.82, 2.24) is 23.7 Å². The van der Waals surface area contributed by atoms with Crippen molar-refractivity contribution in [3.05, 3.63) is 224 Å². The van der Waals surface area contributed by atoms with Gasteiger partial charge in [0.05, 0.1) is 50.2 Å². The van der Waals surface area contributed by atoms with Gasteiger partial charge < -0.3 is 4.57 Å². The summed E-state index contributed by atoms with van der Waals surface area (Å²) in [5.41, 5.74) is 13.7. The molecule has 5 aromatic heterocycles. The highest BCUT2D eigenvalue weighted by Crippen LogP contribution is 2.44. The predicted octanol–water partition coefficient (Wildman–Crippen LogP) is 14.8. The lowest BCUT2D eigenvalue weighted by Gasteiger charge is -2.22. The molecule has 0 aliphatic rings. The van der Waals surface area contributed by atoms with Crippen LogP contribution in [0.2, 0.25) is 0 Å². The SMILES string of the molecule is c1ccc(-c2cccc(-c3cccc(-c4cc(-n5c6ccccc6c6ccccc65)nc(-n5c6ccccc6c6ccccc65)c4-n4c5ccccc5c5ccccc54)c3)n2)cc1. The van der Waals surface area contributed by atoms with E-state index in [4.69, 9.17) is 9.97 Å². The van der Waals surface area contributed by atoms with Gasteiger partial charge in [0.2, 0.25) is 0 Å². The second-order valence-corrected chi connectivity index (χ2v) is 16.2. The van der Waals surface area contributed by atoms with Gasteiger partial charge in [-0.05, 0) is 66.2 Å². The Morgan fingerprint density at radius 1 is 0.270 bits per heavy atom. The molecule has 0 saturated carbocycles. The summed E-state index contributed by atoms with van der Waals surface area (Å²) in [5, 5.41) is 7.11. The molecule has 0 unspecified atom stereocenters. The van der Waals surface area contributed by atoms with Crippen LogP contribution in [0.15, 0.2) is 224 Å². The molecule has 0 aliphatic carbocycles. The zero-order valence-electron chi connectivity index (χ0n) is 34.1. The van der Waals surface area contributed by atoms with Crippen LogP contribution >= 0.6 is 0 Å². The molecule has 0 amide bonds. The van der Waals surface area contributed by atoms with Gasteiger partial charge in [-0.2, -0.15) is 0 Å². The van der Waals surface area contributed by atoms with E-state index in [1.165, 1.54) is 32.3 Å². The molecule has 0 spiro atoms. The van der Waals surface area contributed by atoms with E-state index in [-0.39, 0.29) is 0 Å². The van der Waals surface area contributed by atoms with Crippen molar-refractivity contribution in [1.29, 1.82) is 0 Å². The maximum Gasteiger partial charge on any atom is 0.165 e. The van der Waals surface area contributed by atoms with Crippen LogP contribution in [0, 0.1) is 0 Å². The van der Waals surface area contributed by atoms with Crippen LogP contribution in [0.1, 0.15) is 0 Å². The Bertz CT molecular complexity index is 3760. The molecule has 13 aromatic rings. The second kappa shape index (κ2) is 14.0. The van der Waals surface area contributed by atoms with Crippen LogP contribution in [0.4, 0.5) is 0 Å². The minimum absolute atomic E-state index is 0.832. The Morgan fingerprint density at radius 2 is 0.651 bits per heavy atom. The first-order chi connectivity index (χ1) is 31.3. The van der Waals surface area contributed by atoms with E-state index in [1.54, 1.807) is 0 Å². The first-order valence-corrected chi connectivity index (χ1v) is 21.4. The molecule has 63 heavy (non-hydrogen) atoms. The van der Waals surface area contributed by atoms with Crippen molar-refractivity contribution in [2.75, 3.05) is 0 Å². The Morgan fingerprint density at radius 3 is 1.16 bits per heavy atom. The molecular formula is C58H37N5. The molecule has 294 valence electrons. The quantitative estimate of drug-likeness (QED) is 0.168. The molecule has 5 heteroatoms. The lowest BCUT2D eigenvalue weighted by atomic mass is 9.99. The van der Waals surface area contributed by atoms with Crippen molar-refractivity contribution in [3.8, 4) is 51.0 Å². The van der Waals surface area contributed by atoms with Gasteiger partial charge in [0.25, 0.3) is 0 Å². The maximum atomic E-state index is 5.93. The van der Waals surface area contributed by atoms with Crippen LogP contribution in [0.5, 0.6) is 0 Å². The molecular weight excluding hydrogens is 767 g/mol. The standard InChI is InChI=1S/C58H37N5/c1-2-18-38(19-3-1)48-28-17-29-49(59-48)40-21-16-20-39(36-40)47-37-56(61-50-30-10-4-22-41(50)42-23-5-11-31-51(42)61)60-58(63-54-34-14-8-26-45(54)46-27-9-15-35-55(46)63)57(47)62-52-32-12-6-24-43(52)44-25-7-13-33-53(44)62/h1-37H. The van der Waals surface area contributed by atoms with Gasteiger partial charge in [0.15, 0.2) is 5.82 Å². The summed E-state index contributed by atoms with van der Waals surface area (Å²) in [4.78, 5) is 11.2. The second-order valence-electron chi connectivity index (χ2n) is 16.2. The third kappa shape index (κ3) is 5.43. The topological polar surface area (TPSA) is 40.6 Å². The van der Waals surface area contributed by atoms with Crippen LogP contribution in [0.25, 0.3) is 116 Å². The smallest absolute Gasteiger partial charge is 0.165 e. The molecule has 0 fully saturated rings. The van der Waals surface area contributed by atoms with Crippen LogP contribution < -0.4 is 0 Å². The third-order valence-corrected chi connectivity index (χ3v) is 12.7. The van der Waals surface area contributed by atoms with E-state index in [0.717, 1.165) is 84.1 Å². The Labute approximate surface area is 363 Å². The van der Waals surface area contributed by atoms with Crippen LogP contribution in [-0.4, -0.2) is 23.7 Å². The molecule has 0 aliphatic heterocycles. The number of fused-ring (bicyclic) bond motifs is 9. The van der Waals surface area contributed by atoms with E-state index in [9.17, 15) is 0 Å². The third-order valence-electron chi connectivity index (χ3n) is 12.7. The molecule has 5 nitrogen and oxygen atoms in total. The highest BCUT2D eigenvalue weighted by molar-refractivity contribution is 6.13. The number of nitrogens with zero attached hydrogens (tertiary/aromatic N) is 5. The van der Waals surface area contributed by atoms with Gasteiger partial charge in [-0.15, -0.1) is 0 Å². The zero-order valence-corrected chi connectivity index (χ0v) is 34.1. The Kier molecular flexibility index (Phi) is 7.84. The van der Waals surface area contributed by atoms with Crippen molar-refractivity contribution >= 4 is 65.4 Å². The molecule has 0 saturated heterocycles. The molecule has 13 rings (SSSR count). The molecule has 0 atom stereocenters. The largest absolute Gasteiger partial charge is 0.305 e. The van der Waals surface area contributed by atoms with E-state index in [0.29, 0.717) is 0 Å². The van der Waals surface area contributed by atoms with Gasteiger partial charge in [-0.1, -0.05) is 164 Å². The normalized spacial score (nSPS) is 11.8. The van der Waals surface area contributed by atoms with Crippen molar-refractivity contribution < 1.29 is 0 Å². The summed E-state index contributed by atoms with van der Waals surface area (Å²) >= 11 is 0. The number of para-hydroxylation sites is 6. The monoisotopic (exact) mass is 803 g/mol. The number of hydrogen-bond acceptors (Lipinski definition) is 2. The fraction of sp³-hybridized carbons (Fsp3) is 0. The summed E-state index contributed by atoms with van der Waals surface area (Å²) in [6.07, 6.45) is 0. The predicted molar refractivity (Wildman–Crippen MR) is 261 cm³/mol. The first kappa shape index (κ1) is 35.2. The van der Waals surface area contributed by atoms with Gasteiger partial charge in [-0.3, -0.25) is 9.13 Å². The van der Waals surface area contributed by atoms with Gasteiger partial charge >= 0.3 is 0 Å². The summed E-state index contributed by atoms with van der Waals surface area (Å²) in [6.45, 7) is 0. The minimum atomic E-state index is 0.832. The highest BCUT2D eigenvalue weighted by Gasteiger charge is 2.26. The highest BCUT2D eigenvalue weighted by atomic mass is 15.2. The number of benzene rings is 8. The molecule has 0 radical (unpaired) electrons. The van der Waals surface area contributed by atoms with E-state index in [2.05, 4.69) is 232 Å². The van der Waals surface area contributed by atoms with E-state index >= 15 is 0 Å². The number of hydrogen-bond donors (Lipinski definition) is 0.